The first-order valence-corrected chi connectivity index (χ1v) is 7.52. The molecule has 0 radical (unpaired) electrons. The van der Waals surface area contributed by atoms with Crippen LogP contribution in [-0.2, 0) is 11.3 Å². The van der Waals surface area contributed by atoms with E-state index in [0.29, 0.717) is 0 Å². The number of carbonyl (C=O) groups excluding carboxylic acids is 1. The van der Waals surface area contributed by atoms with Crippen LogP contribution in [0.15, 0.2) is 24.3 Å². The normalized spacial score (nSPS) is 16.6. The smallest absolute Gasteiger partial charge is 0.269 e. The zero-order valence-electron chi connectivity index (χ0n) is 13.4. The maximum atomic E-state index is 12.2. The molecule has 6 nitrogen and oxygen atoms in total. The van der Waals surface area contributed by atoms with Gasteiger partial charge in [-0.1, -0.05) is 32.9 Å². The molecule has 1 heterocycles. The highest BCUT2D eigenvalue weighted by atomic mass is 16.6. The molecular weight excluding hydrogens is 282 g/mol. The maximum absolute atomic E-state index is 12.2. The van der Waals surface area contributed by atoms with Gasteiger partial charge in [-0.05, 0) is 5.56 Å². The third-order valence-corrected chi connectivity index (χ3v) is 3.85. The number of hydrogen-bond donors (Lipinski definition) is 0. The summed E-state index contributed by atoms with van der Waals surface area (Å²) in [6.45, 7) is 9.73. The lowest BCUT2D eigenvalue weighted by molar-refractivity contribution is -0.384. The fraction of sp³-hybridized carbons (Fsp3) is 0.562. The van der Waals surface area contributed by atoms with Crippen LogP contribution in [0.25, 0.3) is 0 Å². The molecule has 2 rings (SSSR count). The average Bonchev–Trinajstić information content (AvgIpc) is 2.47. The van der Waals surface area contributed by atoms with Crippen molar-refractivity contribution in [2.75, 3.05) is 26.2 Å². The summed E-state index contributed by atoms with van der Waals surface area (Å²) in [5, 5.41) is 10.6. The number of hydrogen-bond acceptors (Lipinski definition) is 4. The SMILES string of the molecule is CC(C)(C)C(=O)N1CCN(Cc2ccc([N+](=O)[O-])cc2)CC1. The van der Waals surface area contributed by atoms with E-state index in [-0.39, 0.29) is 21.9 Å². The topological polar surface area (TPSA) is 66.7 Å². The molecule has 1 aliphatic rings. The second-order valence-corrected chi connectivity index (χ2v) is 6.74. The van der Waals surface area contributed by atoms with Crippen molar-refractivity contribution in [3.05, 3.63) is 39.9 Å². The summed E-state index contributed by atoms with van der Waals surface area (Å²) < 4.78 is 0. The zero-order chi connectivity index (χ0) is 16.3. The highest BCUT2D eigenvalue weighted by molar-refractivity contribution is 5.81. The molecule has 6 heteroatoms. The van der Waals surface area contributed by atoms with Crippen molar-refractivity contribution < 1.29 is 9.72 Å². The number of nitrogens with zero attached hydrogens (tertiary/aromatic N) is 3. The van der Waals surface area contributed by atoms with Crippen molar-refractivity contribution in [3.8, 4) is 0 Å². The van der Waals surface area contributed by atoms with E-state index < -0.39 is 0 Å². The molecular formula is C16H23N3O3. The summed E-state index contributed by atoms with van der Waals surface area (Å²) >= 11 is 0. The molecule has 1 aromatic carbocycles. The molecule has 0 aromatic heterocycles. The first-order chi connectivity index (χ1) is 10.3. The van der Waals surface area contributed by atoms with Crippen LogP contribution in [0.4, 0.5) is 5.69 Å². The van der Waals surface area contributed by atoms with Gasteiger partial charge in [-0.2, -0.15) is 0 Å². The quantitative estimate of drug-likeness (QED) is 0.635. The zero-order valence-corrected chi connectivity index (χ0v) is 13.4. The van der Waals surface area contributed by atoms with E-state index >= 15 is 0 Å². The van der Waals surface area contributed by atoms with Crippen LogP contribution in [0.5, 0.6) is 0 Å². The van der Waals surface area contributed by atoms with Crippen molar-refractivity contribution in [1.82, 2.24) is 9.80 Å². The van der Waals surface area contributed by atoms with E-state index in [1.54, 1.807) is 12.1 Å². The van der Waals surface area contributed by atoms with Crippen LogP contribution in [0.1, 0.15) is 26.3 Å². The molecule has 1 aliphatic heterocycles. The van der Waals surface area contributed by atoms with Gasteiger partial charge in [0.15, 0.2) is 0 Å². The Morgan fingerprint density at radius 1 is 1.14 bits per heavy atom. The highest BCUT2D eigenvalue weighted by Gasteiger charge is 2.29. The van der Waals surface area contributed by atoms with Crippen LogP contribution in [0.3, 0.4) is 0 Å². The van der Waals surface area contributed by atoms with Crippen molar-refractivity contribution in [1.29, 1.82) is 0 Å². The predicted molar refractivity (Wildman–Crippen MR) is 84.4 cm³/mol. The number of nitro groups is 1. The Kier molecular flexibility index (Phi) is 4.81. The van der Waals surface area contributed by atoms with E-state index in [1.807, 2.05) is 25.7 Å². The fourth-order valence-corrected chi connectivity index (χ4v) is 2.56. The molecule has 1 fully saturated rings. The van der Waals surface area contributed by atoms with Gasteiger partial charge in [0.1, 0.15) is 0 Å². The van der Waals surface area contributed by atoms with Gasteiger partial charge in [0.2, 0.25) is 5.91 Å². The van der Waals surface area contributed by atoms with Gasteiger partial charge in [-0.3, -0.25) is 19.8 Å². The molecule has 0 saturated carbocycles. The van der Waals surface area contributed by atoms with E-state index in [2.05, 4.69) is 4.90 Å². The molecule has 0 spiro atoms. The number of non-ortho nitro benzene ring substituents is 1. The summed E-state index contributed by atoms with van der Waals surface area (Å²) in [5.41, 5.74) is 0.839. The second-order valence-electron chi connectivity index (χ2n) is 6.74. The predicted octanol–water partition coefficient (Wildman–Crippen LogP) is 2.29. The maximum Gasteiger partial charge on any atom is 0.269 e. The van der Waals surface area contributed by atoms with Crippen LogP contribution in [0.2, 0.25) is 0 Å². The van der Waals surface area contributed by atoms with Crippen molar-refractivity contribution >= 4 is 11.6 Å². The van der Waals surface area contributed by atoms with Crippen LogP contribution in [0, 0.1) is 15.5 Å². The Balaban J connectivity index is 1.87. The average molecular weight is 305 g/mol. The monoisotopic (exact) mass is 305 g/mol. The molecule has 0 atom stereocenters. The van der Waals surface area contributed by atoms with E-state index in [0.717, 1.165) is 38.3 Å². The molecule has 0 unspecified atom stereocenters. The number of rotatable bonds is 3. The van der Waals surface area contributed by atoms with Gasteiger partial charge in [0.25, 0.3) is 5.69 Å². The molecule has 0 N–H and O–H groups in total. The van der Waals surface area contributed by atoms with Gasteiger partial charge in [-0.15, -0.1) is 0 Å². The second kappa shape index (κ2) is 6.44. The van der Waals surface area contributed by atoms with Gasteiger partial charge in [0.05, 0.1) is 4.92 Å². The summed E-state index contributed by atoms with van der Waals surface area (Å²) in [4.78, 5) is 26.7. The molecule has 120 valence electrons. The molecule has 1 aromatic rings. The van der Waals surface area contributed by atoms with Crippen molar-refractivity contribution in [2.24, 2.45) is 5.41 Å². The Hall–Kier alpha value is -1.95. The van der Waals surface area contributed by atoms with Crippen molar-refractivity contribution in [2.45, 2.75) is 27.3 Å². The lowest BCUT2D eigenvalue weighted by Crippen LogP contribution is -2.51. The Labute approximate surface area is 130 Å². The summed E-state index contributed by atoms with van der Waals surface area (Å²) in [7, 11) is 0. The number of amides is 1. The van der Waals surface area contributed by atoms with E-state index in [1.165, 1.54) is 12.1 Å². The van der Waals surface area contributed by atoms with Gasteiger partial charge in [0, 0.05) is 50.3 Å². The molecule has 0 aliphatic carbocycles. The molecule has 1 saturated heterocycles. The summed E-state index contributed by atoms with van der Waals surface area (Å²) in [5.74, 6) is 0.197. The minimum absolute atomic E-state index is 0.115. The molecule has 0 bridgehead atoms. The van der Waals surface area contributed by atoms with E-state index in [4.69, 9.17) is 0 Å². The van der Waals surface area contributed by atoms with Crippen molar-refractivity contribution in [3.63, 3.8) is 0 Å². The number of piperazine rings is 1. The highest BCUT2D eigenvalue weighted by Crippen LogP contribution is 2.19. The van der Waals surface area contributed by atoms with E-state index in [9.17, 15) is 14.9 Å². The van der Waals surface area contributed by atoms with Crippen LogP contribution >= 0.6 is 0 Å². The Morgan fingerprint density at radius 3 is 2.14 bits per heavy atom. The Morgan fingerprint density at radius 2 is 1.68 bits per heavy atom. The van der Waals surface area contributed by atoms with Gasteiger partial charge >= 0.3 is 0 Å². The van der Waals surface area contributed by atoms with Crippen LogP contribution < -0.4 is 0 Å². The third kappa shape index (κ3) is 4.04. The summed E-state index contributed by atoms with van der Waals surface area (Å²) in [6, 6.07) is 6.67. The third-order valence-electron chi connectivity index (χ3n) is 3.85. The largest absolute Gasteiger partial charge is 0.340 e. The molecule has 1 amide bonds. The minimum Gasteiger partial charge on any atom is -0.340 e. The fourth-order valence-electron chi connectivity index (χ4n) is 2.56. The lowest BCUT2D eigenvalue weighted by Gasteiger charge is -2.37. The number of carbonyl (C=O) groups is 1. The first kappa shape index (κ1) is 16.4. The van der Waals surface area contributed by atoms with Gasteiger partial charge < -0.3 is 4.90 Å². The number of nitro benzene ring substituents is 1. The standard InChI is InChI=1S/C16H23N3O3/c1-16(2,3)15(20)18-10-8-17(9-11-18)12-13-4-6-14(7-5-13)19(21)22/h4-7H,8-12H2,1-3H3. The van der Waals surface area contributed by atoms with Gasteiger partial charge in [-0.25, -0.2) is 0 Å². The lowest BCUT2D eigenvalue weighted by atomic mass is 9.94. The number of benzene rings is 1. The van der Waals surface area contributed by atoms with Crippen LogP contribution in [-0.4, -0.2) is 46.8 Å². The first-order valence-electron chi connectivity index (χ1n) is 7.52. The summed E-state index contributed by atoms with van der Waals surface area (Å²) in [6.07, 6.45) is 0. The minimum atomic E-state index is -0.388. The Bertz CT molecular complexity index is 541. The molecule has 22 heavy (non-hydrogen) atoms.